The molecule has 0 saturated carbocycles. The number of anilines is 1. The lowest BCUT2D eigenvalue weighted by Gasteiger charge is -2.09. The van der Waals surface area contributed by atoms with E-state index in [-0.39, 0.29) is 5.95 Å². The summed E-state index contributed by atoms with van der Waals surface area (Å²) in [7, 11) is 1.57. The van der Waals surface area contributed by atoms with Crippen LogP contribution in [0.15, 0.2) is 18.3 Å². The lowest BCUT2D eigenvalue weighted by Crippen LogP contribution is -1.99. The van der Waals surface area contributed by atoms with Crippen molar-refractivity contribution in [1.29, 1.82) is 0 Å². The zero-order chi connectivity index (χ0) is 12.4. The van der Waals surface area contributed by atoms with E-state index in [0.717, 1.165) is 11.1 Å². The third kappa shape index (κ3) is 2.29. The second-order valence-corrected chi connectivity index (χ2v) is 3.91. The van der Waals surface area contributed by atoms with Crippen LogP contribution in [0.4, 0.5) is 5.95 Å². The molecule has 0 spiro atoms. The highest BCUT2D eigenvalue weighted by Gasteiger charge is 2.10. The van der Waals surface area contributed by atoms with Gasteiger partial charge in [-0.3, -0.25) is 0 Å². The molecular weight excluding hydrogens is 240 g/mol. The largest absolute Gasteiger partial charge is 0.495 e. The SMILES string of the molecule is COc1cc(C)c(-c2cnnc(N)n2)cc1Cl. The monoisotopic (exact) mass is 250 g/mol. The molecule has 2 rings (SSSR count). The number of aromatic nitrogens is 3. The smallest absolute Gasteiger partial charge is 0.240 e. The van der Waals surface area contributed by atoms with Gasteiger partial charge in [0, 0.05) is 5.56 Å². The van der Waals surface area contributed by atoms with E-state index in [1.807, 2.05) is 13.0 Å². The molecule has 0 aliphatic carbocycles. The highest BCUT2D eigenvalue weighted by molar-refractivity contribution is 6.32. The number of hydrogen-bond donors (Lipinski definition) is 1. The Kier molecular flexibility index (Phi) is 3.10. The van der Waals surface area contributed by atoms with Gasteiger partial charge in [0.15, 0.2) is 0 Å². The summed E-state index contributed by atoms with van der Waals surface area (Å²) in [6.07, 6.45) is 1.54. The van der Waals surface area contributed by atoms with E-state index in [9.17, 15) is 0 Å². The predicted octanol–water partition coefficient (Wildman–Crippen LogP) is 2.09. The van der Waals surface area contributed by atoms with Crippen molar-refractivity contribution in [2.24, 2.45) is 0 Å². The van der Waals surface area contributed by atoms with Crippen molar-refractivity contribution < 1.29 is 4.74 Å². The van der Waals surface area contributed by atoms with Crippen LogP contribution in [0.5, 0.6) is 5.75 Å². The second-order valence-electron chi connectivity index (χ2n) is 3.50. The third-order valence-corrected chi connectivity index (χ3v) is 2.65. The summed E-state index contributed by atoms with van der Waals surface area (Å²) < 4.78 is 5.14. The van der Waals surface area contributed by atoms with Crippen LogP contribution < -0.4 is 10.5 Å². The summed E-state index contributed by atoms with van der Waals surface area (Å²) in [6, 6.07) is 3.62. The van der Waals surface area contributed by atoms with Gasteiger partial charge in [-0.2, -0.15) is 5.10 Å². The van der Waals surface area contributed by atoms with Gasteiger partial charge in [-0.25, -0.2) is 4.98 Å². The minimum absolute atomic E-state index is 0.133. The number of benzene rings is 1. The molecule has 0 atom stereocenters. The fourth-order valence-electron chi connectivity index (χ4n) is 1.53. The van der Waals surface area contributed by atoms with Gasteiger partial charge >= 0.3 is 0 Å². The number of methoxy groups -OCH3 is 1. The molecule has 6 heteroatoms. The topological polar surface area (TPSA) is 73.9 Å². The molecule has 0 radical (unpaired) electrons. The van der Waals surface area contributed by atoms with E-state index in [1.54, 1.807) is 19.4 Å². The molecule has 0 bridgehead atoms. The van der Waals surface area contributed by atoms with Crippen molar-refractivity contribution in [3.05, 3.63) is 28.9 Å². The minimum atomic E-state index is 0.133. The van der Waals surface area contributed by atoms with Crippen LogP contribution >= 0.6 is 11.6 Å². The number of nitrogens with two attached hydrogens (primary N) is 1. The first-order valence-electron chi connectivity index (χ1n) is 4.91. The van der Waals surface area contributed by atoms with Gasteiger partial charge in [-0.05, 0) is 24.6 Å². The van der Waals surface area contributed by atoms with E-state index in [2.05, 4.69) is 15.2 Å². The standard InChI is InChI=1S/C11H11ClN4O/c1-6-3-10(17-2)8(12)4-7(6)9-5-14-16-11(13)15-9/h3-5H,1-2H3,(H2,13,15,16). The summed E-state index contributed by atoms with van der Waals surface area (Å²) >= 11 is 6.07. The van der Waals surface area contributed by atoms with Crippen LogP contribution in [0, 0.1) is 6.92 Å². The summed E-state index contributed by atoms with van der Waals surface area (Å²) in [4.78, 5) is 4.11. The molecule has 17 heavy (non-hydrogen) atoms. The van der Waals surface area contributed by atoms with E-state index >= 15 is 0 Å². The number of hydrogen-bond acceptors (Lipinski definition) is 5. The Labute approximate surface area is 104 Å². The van der Waals surface area contributed by atoms with Crippen LogP contribution in [0.25, 0.3) is 11.3 Å². The van der Waals surface area contributed by atoms with Gasteiger partial charge in [-0.1, -0.05) is 11.6 Å². The first-order chi connectivity index (χ1) is 8.11. The maximum Gasteiger partial charge on any atom is 0.240 e. The fraction of sp³-hybridized carbons (Fsp3) is 0.182. The van der Waals surface area contributed by atoms with Gasteiger partial charge in [0.25, 0.3) is 0 Å². The predicted molar refractivity (Wildman–Crippen MR) is 66.0 cm³/mol. The van der Waals surface area contributed by atoms with E-state index in [0.29, 0.717) is 16.5 Å². The highest BCUT2D eigenvalue weighted by atomic mass is 35.5. The first kappa shape index (κ1) is 11.6. The molecule has 0 aliphatic rings. The lowest BCUT2D eigenvalue weighted by atomic mass is 10.1. The number of ether oxygens (including phenoxy) is 1. The molecule has 2 aromatic rings. The quantitative estimate of drug-likeness (QED) is 0.883. The molecule has 88 valence electrons. The Bertz CT molecular complexity index is 559. The van der Waals surface area contributed by atoms with Crippen LogP contribution in [0.3, 0.4) is 0 Å². The van der Waals surface area contributed by atoms with Gasteiger partial charge in [0.05, 0.1) is 24.0 Å². The Morgan fingerprint density at radius 2 is 2.12 bits per heavy atom. The molecule has 0 fully saturated rings. The number of rotatable bonds is 2. The molecule has 0 unspecified atom stereocenters. The van der Waals surface area contributed by atoms with Crippen molar-refractivity contribution >= 4 is 17.5 Å². The molecule has 0 saturated heterocycles. The number of aryl methyl sites for hydroxylation is 1. The Morgan fingerprint density at radius 3 is 2.76 bits per heavy atom. The number of halogens is 1. The third-order valence-electron chi connectivity index (χ3n) is 2.35. The van der Waals surface area contributed by atoms with Crippen LogP contribution in [0.2, 0.25) is 5.02 Å². The highest BCUT2D eigenvalue weighted by Crippen LogP contribution is 2.32. The Morgan fingerprint density at radius 1 is 1.35 bits per heavy atom. The zero-order valence-electron chi connectivity index (χ0n) is 9.44. The van der Waals surface area contributed by atoms with Crippen molar-refractivity contribution in [2.45, 2.75) is 6.92 Å². The van der Waals surface area contributed by atoms with E-state index < -0.39 is 0 Å². The van der Waals surface area contributed by atoms with E-state index in [4.69, 9.17) is 22.1 Å². The average molecular weight is 251 g/mol. The van der Waals surface area contributed by atoms with Crippen LogP contribution in [-0.4, -0.2) is 22.3 Å². The summed E-state index contributed by atoms with van der Waals surface area (Å²) in [5, 5.41) is 7.89. The number of nitrogen functional groups attached to an aromatic ring is 1. The molecule has 5 nitrogen and oxygen atoms in total. The first-order valence-corrected chi connectivity index (χ1v) is 5.29. The van der Waals surface area contributed by atoms with E-state index in [1.165, 1.54) is 0 Å². The number of nitrogens with zero attached hydrogens (tertiary/aromatic N) is 3. The molecule has 2 N–H and O–H groups in total. The van der Waals surface area contributed by atoms with Gasteiger partial charge in [-0.15, -0.1) is 5.10 Å². The van der Waals surface area contributed by atoms with Crippen molar-refractivity contribution in [2.75, 3.05) is 12.8 Å². The zero-order valence-corrected chi connectivity index (χ0v) is 10.2. The molecule has 0 amide bonds. The van der Waals surface area contributed by atoms with Gasteiger partial charge in [0.1, 0.15) is 5.75 Å². The maximum atomic E-state index is 6.07. The van der Waals surface area contributed by atoms with Gasteiger partial charge < -0.3 is 10.5 Å². The Hall–Kier alpha value is -1.88. The van der Waals surface area contributed by atoms with Crippen LogP contribution in [-0.2, 0) is 0 Å². The van der Waals surface area contributed by atoms with Crippen molar-refractivity contribution in [3.63, 3.8) is 0 Å². The molecule has 1 aromatic carbocycles. The summed E-state index contributed by atoms with van der Waals surface area (Å²) in [6.45, 7) is 1.94. The molecular formula is C11H11ClN4O. The molecule has 1 aromatic heterocycles. The van der Waals surface area contributed by atoms with Crippen LogP contribution in [0.1, 0.15) is 5.56 Å². The fourth-order valence-corrected chi connectivity index (χ4v) is 1.78. The summed E-state index contributed by atoms with van der Waals surface area (Å²) in [5.74, 6) is 0.761. The average Bonchev–Trinajstić information content (AvgIpc) is 2.31. The van der Waals surface area contributed by atoms with Crippen molar-refractivity contribution in [3.8, 4) is 17.0 Å². The van der Waals surface area contributed by atoms with Crippen molar-refractivity contribution in [1.82, 2.24) is 15.2 Å². The second kappa shape index (κ2) is 4.55. The molecule has 1 heterocycles. The van der Waals surface area contributed by atoms with Gasteiger partial charge in [0.2, 0.25) is 5.95 Å². The molecule has 0 aliphatic heterocycles. The lowest BCUT2D eigenvalue weighted by molar-refractivity contribution is 0.415. The minimum Gasteiger partial charge on any atom is -0.495 e. The Balaban J connectivity index is 2.56. The maximum absolute atomic E-state index is 6.07. The normalized spacial score (nSPS) is 10.3. The summed E-state index contributed by atoms with van der Waals surface area (Å²) in [5.41, 5.74) is 7.97.